The maximum atomic E-state index is 13.1. The lowest BCUT2D eigenvalue weighted by Crippen LogP contribution is -2.48. The number of likely N-dealkylation sites (N-methyl/N-ethyl adjacent to an activating group) is 1. The van der Waals surface area contributed by atoms with Gasteiger partial charge < -0.3 is 15.0 Å². The zero-order valence-electron chi connectivity index (χ0n) is 14.9. The molecule has 1 aliphatic heterocycles. The number of hydrogen-bond donors (Lipinski definition) is 1. The lowest BCUT2D eigenvalue weighted by molar-refractivity contribution is -0.122. The average molecular weight is 349 g/mol. The van der Waals surface area contributed by atoms with Crippen molar-refractivity contribution in [1.82, 2.24) is 15.1 Å². The van der Waals surface area contributed by atoms with Crippen molar-refractivity contribution in [3.05, 3.63) is 30.1 Å². The number of amides is 1. The van der Waals surface area contributed by atoms with E-state index >= 15 is 0 Å². The summed E-state index contributed by atoms with van der Waals surface area (Å²) in [7, 11) is 2.17. The van der Waals surface area contributed by atoms with Crippen LogP contribution >= 0.6 is 0 Å². The summed E-state index contributed by atoms with van der Waals surface area (Å²) < 4.78 is 18.5. The zero-order chi connectivity index (χ0) is 17.6. The molecule has 0 aromatic heterocycles. The van der Waals surface area contributed by atoms with E-state index in [0.717, 1.165) is 45.4 Å². The van der Waals surface area contributed by atoms with Crippen LogP contribution in [0, 0.1) is 5.82 Å². The molecule has 1 aliphatic carbocycles. The van der Waals surface area contributed by atoms with Crippen molar-refractivity contribution in [3.63, 3.8) is 0 Å². The van der Waals surface area contributed by atoms with Crippen LogP contribution in [0.4, 0.5) is 4.39 Å². The van der Waals surface area contributed by atoms with Crippen molar-refractivity contribution in [1.29, 1.82) is 0 Å². The molecule has 25 heavy (non-hydrogen) atoms. The van der Waals surface area contributed by atoms with Gasteiger partial charge in [-0.15, -0.1) is 0 Å². The van der Waals surface area contributed by atoms with Crippen LogP contribution in [0.1, 0.15) is 25.7 Å². The van der Waals surface area contributed by atoms with Gasteiger partial charge in [-0.1, -0.05) is 6.07 Å². The molecule has 1 N–H and O–H groups in total. The van der Waals surface area contributed by atoms with E-state index in [1.54, 1.807) is 12.1 Å². The summed E-state index contributed by atoms with van der Waals surface area (Å²) in [6, 6.07) is 6.86. The maximum Gasteiger partial charge on any atom is 0.223 e. The van der Waals surface area contributed by atoms with Crippen LogP contribution in [0.25, 0.3) is 0 Å². The third-order valence-electron chi connectivity index (χ3n) is 5.22. The van der Waals surface area contributed by atoms with Gasteiger partial charge in [0, 0.05) is 44.3 Å². The summed E-state index contributed by atoms with van der Waals surface area (Å²) in [5.74, 6) is 0.145. The zero-order valence-corrected chi connectivity index (χ0v) is 14.9. The van der Waals surface area contributed by atoms with Gasteiger partial charge in [-0.05, 0) is 38.4 Å². The summed E-state index contributed by atoms with van der Waals surface area (Å²) in [6.45, 7) is 4.78. The maximum absolute atomic E-state index is 13.1. The molecule has 0 radical (unpaired) electrons. The molecule has 0 spiro atoms. The Labute approximate surface area is 149 Å². The molecule has 0 bridgehead atoms. The summed E-state index contributed by atoms with van der Waals surface area (Å²) in [4.78, 5) is 17.0. The predicted octanol–water partition coefficient (Wildman–Crippen LogP) is 1.88. The summed E-state index contributed by atoms with van der Waals surface area (Å²) in [5, 5.41) is 3.12. The minimum atomic E-state index is -0.331. The van der Waals surface area contributed by atoms with Gasteiger partial charge in [0.05, 0.1) is 13.0 Å². The number of ether oxygens (including phenoxy) is 1. The highest BCUT2D eigenvalue weighted by Gasteiger charge is 2.31. The number of benzene rings is 1. The van der Waals surface area contributed by atoms with Gasteiger partial charge in [0.15, 0.2) is 0 Å². The second-order valence-corrected chi connectivity index (χ2v) is 7.13. The van der Waals surface area contributed by atoms with Gasteiger partial charge in [0.1, 0.15) is 11.6 Å². The van der Waals surface area contributed by atoms with Crippen LogP contribution in [-0.4, -0.2) is 67.6 Å². The number of carbonyl (C=O) groups is 1. The molecule has 1 heterocycles. The Hall–Kier alpha value is -1.66. The van der Waals surface area contributed by atoms with Crippen LogP contribution < -0.4 is 10.1 Å². The molecule has 2 fully saturated rings. The fourth-order valence-corrected chi connectivity index (χ4v) is 3.73. The topological polar surface area (TPSA) is 44.8 Å². The van der Waals surface area contributed by atoms with E-state index in [1.165, 1.54) is 12.1 Å². The summed E-state index contributed by atoms with van der Waals surface area (Å²) >= 11 is 0. The van der Waals surface area contributed by atoms with E-state index in [4.69, 9.17) is 4.74 Å². The van der Waals surface area contributed by atoms with Gasteiger partial charge in [-0.2, -0.15) is 0 Å². The number of nitrogens with zero attached hydrogens (tertiary/aromatic N) is 2. The Bertz CT molecular complexity index is 576. The van der Waals surface area contributed by atoms with E-state index in [0.29, 0.717) is 18.2 Å². The van der Waals surface area contributed by atoms with E-state index in [1.807, 2.05) is 0 Å². The summed E-state index contributed by atoms with van der Waals surface area (Å²) in [5.41, 5.74) is 0. The minimum absolute atomic E-state index is 0.0143. The number of carbonyl (C=O) groups excluding carboxylic acids is 1. The van der Waals surface area contributed by atoms with Gasteiger partial charge in [-0.3, -0.25) is 9.69 Å². The lowest BCUT2D eigenvalue weighted by Gasteiger charge is -2.36. The van der Waals surface area contributed by atoms with Crippen molar-refractivity contribution >= 4 is 5.91 Å². The van der Waals surface area contributed by atoms with E-state index in [2.05, 4.69) is 22.2 Å². The minimum Gasteiger partial charge on any atom is -0.493 e. The smallest absolute Gasteiger partial charge is 0.223 e. The first-order chi connectivity index (χ1) is 12.1. The molecular formula is C19H28FN3O2. The third kappa shape index (κ3) is 5.41. The van der Waals surface area contributed by atoms with Crippen LogP contribution in [0.3, 0.4) is 0 Å². The van der Waals surface area contributed by atoms with Crippen molar-refractivity contribution in [2.24, 2.45) is 0 Å². The van der Waals surface area contributed by atoms with E-state index < -0.39 is 0 Å². The first-order valence-electron chi connectivity index (χ1n) is 9.20. The molecule has 1 aromatic rings. The fraction of sp³-hybridized carbons (Fsp3) is 0.632. The van der Waals surface area contributed by atoms with Gasteiger partial charge >= 0.3 is 0 Å². The van der Waals surface area contributed by atoms with E-state index in [-0.39, 0.29) is 24.4 Å². The third-order valence-corrected chi connectivity index (χ3v) is 5.22. The molecule has 1 saturated carbocycles. The van der Waals surface area contributed by atoms with Crippen molar-refractivity contribution in [2.45, 2.75) is 37.8 Å². The molecule has 2 unspecified atom stereocenters. The molecule has 2 aliphatic rings. The molecule has 138 valence electrons. The standard InChI is InChI=1S/C19H28FN3O2/c1-22-8-10-23(11-9-22)17-6-5-16(14-17)21-19(24)7-12-25-18-4-2-3-15(20)13-18/h2-4,13,16-17H,5-12,14H2,1H3,(H,21,24). The number of piperazine rings is 1. The van der Waals surface area contributed by atoms with Gasteiger partial charge in [0.2, 0.25) is 5.91 Å². The van der Waals surface area contributed by atoms with Crippen LogP contribution in [0.15, 0.2) is 24.3 Å². The quantitative estimate of drug-likeness (QED) is 0.852. The second-order valence-electron chi connectivity index (χ2n) is 7.13. The van der Waals surface area contributed by atoms with Gasteiger partial charge in [-0.25, -0.2) is 4.39 Å². The predicted molar refractivity (Wildman–Crippen MR) is 95.2 cm³/mol. The summed E-state index contributed by atoms with van der Waals surface area (Å²) in [6.07, 6.45) is 3.55. The number of halogens is 1. The van der Waals surface area contributed by atoms with Crippen molar-refractivity contribution < 1.29 is 13.9 Å². The Morgan fingerprint density at radius 3 is 2.84 bits per heavy atom. The Morgan fingerprint density at radius 2 is 2.08 bits per heavy atom. The largest absolute Gasteiger partial charge is 0.493 e. The number of nitrogens with one attached hydrogen (secondary N) is 1. The fourth-order valence-electron chi connectivity index (χ4n) is 3.73. The first-order valence-corrected chi connectivity index (χ1v) is 9.20. The Balaban J connectivity index is 1.34. The highest BCUT2D eigenvalue weighted by molar-refractivity contribution is 5.76. The number of rotatable bonds is 6. The number of hydrogen-bond acceptors (Lipinski definition) is 4. The molecule has 5 nitrogen and oxygen atoms in total. The molecule has 6 heteroatoms. The van der Waals surface area contributed by atoms with Crippen molar-refractivity contribution in [3.8, 4) is 5.75 Å². The van der Waals surface area contributed by atoms with E-state index in [9.17, 15) is 9.18 Å². The molecule has 1 aromatic carbocycles. The lowest BCUT2D eigenvalue weighted by atomic mass is 10.1. The highest BCUT2D eigenvalue weighted by Crippen LogP contribution is 2.25. The highest BCUT2D eigenvalue weighted by atomic mass is 19.1. The Morgan fingerprint density at radius 1 is 1.28 bits per heavy atom. The molecule has 1 saturated heterocycles. The SMILES string of the molecule is CN1CCN(C2CCC(NC(=O)CCOc3cccc(F)c3)C2)CC1. The normalized spacial score (nSPS) is 25.0. The molecule has 1 amide bonds. The van der Waals surface area contributed by atoms with Gasteiger partial charge in [0.25, 0.3) is 0 Å². The average Bonchev–Trinajstić information content (AvgIpc) is 3.04. The van der Waals surface area contributed by atoms with Crippen LogP contribution in [-0.2, 0) is 4.79 Å². The molecular weight excluding hydrogens is 321 g/mol. The molecule has 2 atom stereocenters. The Kier molecular flexibility index (Phi) is 6.26. The monoisotopic (exact) mass is 349 g/mol. The molecule has 3 rings (SSSR count). The van der Waals surface area contributed by atoms with Crippen molar-refractivity contribution in [2.75, 3.05) is 39.8 Å². The van der Waals surface area contributed by atoms with Crippen LogP contribution in [0.5, 0.6) is 5.75 Å². The second kappa shape index (κ2) is 8.63. The van der Waals surface area contributed by atoms with Crippen LogP contribution in [0.2, 0.25) is 0 Å². The first kappa shape index (κ1) is 18.1.